The first-order valence-corrected chi connectivity index (χ1v) is 8.59. The number of halogens is 1. The van der Waals surface area contributed by atoms with E-state index < -0.39 is 0 Å². The van der Waals surface area contributed by atoms with Gasteiger partial charge in [-0.15, -0.1) is 12.4 Å². The van der Waals surface area contributed by atoms with Crippen molar-refractivity contribution in [3.63, 3.8) is 0 Å². The van der Waals surface area contributed by atoms with Crippen LogP contribution in [0.15, 0.2) is 24.3 Å². The molecule has 3 fully saturated rings. The number of hydrogen-bond acceptors (Lipinski definition) is 2. The lowest BCUT2D eigenvalue weighted by Gasteiger charge is -2.37. The van der Waals surface area contributed by atoms with Crippen LogP contribution < -0.4 is 4.74 Å². The Morgan fingerprint density at radius 3 is 2.77 bits per heavy atom. The van der Waals surface area contributed by atoms with Gasteiger partial charge in [0.2, 0.25) is 0 Å². The summed E-state index contributed by atoms with van der Waals surface area (Å²) in [4.78, 5) is 2.62. The Morgan fingerprint density at radius 2 is 1.95 bits per heavy atom. The van der Waals surface area contributed by atoms with Gasteiger partial charge in [0.25, 0.3) is 0 Å². The summed E-state index contributed by atoms with van der Waals surface area (Å²) in [7, 11) is 4.08. The molecule has 2 nitrogen and oxygen atoms in total. The first-order chi connectivity index (χ1) is 10.3. The van der Waals surface area contributed by atoms with Crippen molar-refractivity contribution in [2.24, 2.45) is 23.7 Å². The summed E-state index contributed by atoms with van der Waals surface area (Å²) in [5.74, 6) is 5.15. The Balaban J connectivity index is 0.00000144. The van der Waals surface area contributed by atoms with Crippen molar-refractivity contribution in [1.82, 2.24) is 4.90 Å². The molecule has 0 saturated heterocycles. The second-order valence-corrected chi connectivity index (χ2v) is 7.49. The Hall–Kier alpha value is -0.730. The van der Waals surface area contributed by atoms with E-state index in [0.717, 1.165) is 42.0 Å². The molecule has 0 spiro atoms. The molecule has 22 heavy (non-hydrogen) atoms. The summed E-state index contributed by atoms with van der Waals surface area (Å²) in [6.07, 6.45) is 7.50. The highest BCUT2D eigenvalue weighted by molar-refractivity contribution is 5.85. The molecule has 3 saturated carbocycles. The summed E-state index contributed by atoms with van der Waals surface area (Å²) in [5, 5.41) is 0. The van der Waals surface area contributed by atoms with Gasteiger partial charge in [-0.05, 0) is 74.1 Å². The number of fused-ring (bicyclic) bond motifs is 5. The highest BCUT2D eigenvalue weighted by Gasteiger charge is 2.54. The first kappa shape index (κ1) is 16.1. The number of nitrogens with zero attached hydrogens (tertiary/aromatic N) is 1. The largest absolute Gasteiger partial charge is 0.497 e. The van der Waals surface area contributed by atoms with Crippen LogP contribution in [0.1, 0.15) is 37.7 Å². The zero-order chi connectivity index (χ0) is 14.4. The predicted octanol–water partition coefficient (Wildman–Crippen LogP) is 4.37. The van der Waals surface area contributed by atoms with Crippen molar-refractivity contribution in [3.05, 3.63) is 29.8 Å². The van der Waals surface area contributed by atoms with Gasteiger partial charge < -0.3 is 4.74 Å². The lowest BCUT2D eigenvalue weighted by Crippen LogP contribution is -2.40. The third kappa shape index (κ3) is 2.65. The first-order valence-electron chi connectivity index (χ1n) is 8.59. The van der Waals surface area contributed by atoms with Crippen LogP contribution in [-0.4, -0.2) is 25.1 Å². The minimum atomic E-state index is 0. The van der Waals surface area contributed by atoms with Gasteiger partial charge in [-0.25, -0.2) is 0 Å². The number of ether oxygens (including phenoxy) is 1. The summed E-state index contributed by atoms with van der Waals surface area (Å²) in [5.41, 5.74) is 1.38. The molecule has 3 heteroatoms. The molecule has 4 rings (SSSR count). The summed E-state index contributed by atoms with van der Waals surface area (Å²) in [6, 6.07) is 9.37. The van der Waals surface area contributed by atoms with Gasteiger partial charge in [0.15, 0.2) is 0 Å². The Labute approximate surface area is 140 Å². The zero-order valence-electron chi connectivity index (χ0n) is 13.7. The van der Waals surface area contributed by atoms with Crippen molar-refractivity contribution < 1.29 is 4.74 Å². The Kier molecular flexibility index (Phi) is 4.70. The van der Waals surface area contributed by atoms with E-state index in [4.69, 9.17) is 4.74 Å². The maximum Gasteiger partial charge on any atom is 0.119 e. The number of hydrogen-bond donors (Lipinski definition) is 0. The SMILES string of the molecule is COc1cccc(CN(C)C2CC3CC2C2CCCC32)c1.Cl. The molecule has 0 N–H and O–H groups in total. The molecule has 3 aliphatic carbocycles. The van der Waals surface area contributed by atoms with Gasteiger partial charge in [-0.2, -0.15) is 0 Å². The molecule has 0 amide bonds. The van der Waals surface area contributed by atoms with E-state index in [1.165, 1.54) is 37.7 Å². The maximum atomic E-state index is 5.35. The van der Waals surface area contributed by atoms with Gasteiger partial charge in [-0.1, -0.05) is 18.6 Å². The van der Waals surface area contributed by atoms with Crippen molar-refractivity contribution in [1.29, 1.82) is 0 Å². The van der Waals surface area contributed by atoms with Gasteiger partial charge >= 0.3 is 0 Å². The van der Waals surface area contributed by atoms with Crippen molar-refractivity contribution in [3.8, 4) is 5.75 Å². The minimum absolute atomic E-state index is 0. The molecular weight excluding hydrogens is 294 g/mol. The summed E-state index contributed by atoms with van der Waals surface area (Å²) >= 11 is 0. The van der Waals surface area contributed by atoms with Crippen LogP contribution in [-0.2, 0) is 6.54 Å². The van der Waals surface area contributed by atoms with Crippen molar-refractivity contribution >= 4 is 12.4 Å². The third-order valence-electron chi connectivity index (χ3n) is 6.53. The van der Waals surface area contributed by atoms with Crippen LogP contribution in [0.25, 0.3) is 0 Å². The highest BCUT2D eigenvalue weighted by atomic mass is 35.5. The normalized spacial score (nSPS) is 35.5. The molecule has 5 atom stereocenters. The molecule has 0 heterocycles. The molecule has 2 bridgehead atoms. The van der Waals surface area contributed by atoms with Gasteiger partial charge in [0.1, 0.15) is 5.75 Å². The maximum absolute atomic E-state index is 5.35. The van der Waals surface area contributed by atoms with E-state index in [-0.39, 0.29) is 12.4 Å². The zero-order valence-corrected chi connectivity index (χ0v) is 14.5. The van der Waals surface area contributed by atoms with Crippen LogP contribution in [0, 0.1) is 23.7 Å². The highest BCUT2D eigenvalue weighted by Crippen LogP contribution is 2.59. The molecular formula is C19H28ClNO. The molecule has 122 valence electrons. The van der Waals surface area contributed by atoms with Crippen LogP contribution in [0.4, 0.5) is 0 Å². The van der Waals surface area contributed by atoms with Gasteiger partial charge in [-0.3, -0.25) is 4.90 Å². The molecule has 0 radical (unpaired) electrons. The predicted molar refractivity (Wildman–Crippen MR) is 92.5 cm³/mol. The number of methoxy groups -OCH3 is 1. The second kappa shape index (κ2) is 6.41. The van der Waals surface area contributed by atoms with E-state index in [1.54, 1.807) is 7.11 Å². The van der Waals surface area contributed by atoms with E-state index in [0.29, 0.717) is 0 Å². The number of benzene rings is 1. The fourth-order valence-corrected chi connectivity index (χ4v) is 5.71. The fraction of sp³-hybridized carbons (Fsp3) is 0.684. The third-order valence-corrected chi connectivity index (χ3v) is 6.53. The average molecular weight is 322 g/mol. The standard InChI is InChI=1S/C19H27NO.ClH/c1-20(12-13-5-3-6-15(9-13)21-2)19-11-14-10-18(19)17-8-4-7-16(14)17;/h3,5-6,9,14,16-19H,4,7-8,10-12H2,1-2H3;1H. The van der Waals surface area contributed by atoms with Crippen molar-refractivity contribution in [2.75, 3.05) is 14.2 Å². The topological polar surface area (TPSA) is 12.5 Å². The van der Waals surface area contributed by atoms with Gasteiger partial charge in [0.05, 0.1) is 7.11 Å². The quantitative estimate of drug-likeness (QED) is 0.816. The van der Waals surface area contributed by atoms with E-state index in [2.05, 4.69) is 30.1 Å². The smallest absolute Gasteiger partial charge is 0.119 e. The molecule has 1 aromatic carbocycles. The minimum Gasteiger partial charge on any atom is -0.497 e. The van der Waals surface area contributed by atoms with Crippen LogP contribution in [0.5, 0.6) is 5.75 Å². The molecule has 0 aliphatic heterocycles. The van der Waals surface area contributed by atoms with Crippen LogP contribution >= 0.6 is 12.4 Å². The van der Waals surface area contributed by atoms with E-state index >= 15 is 0 Å². The molecule has 3 aliphatic rings. The number of rotatable bonds is 4. The van der Waals surface area contributed by atoms with Crippen LogP contribution in [0.2, 0.25) is 0 Å². The molecule has 5 unspecified atom stereocenters. The van der Waals surface area contributed by atoms with Gasteiger partial charge in [0, 0.05) is 12.6 Å². The molecule has 1 aromatic rings. The lowest BCUT2D eigenvalue weighted by atomic mass is 9.78. The monoisotopic (exact) mass is 321 g/mol. The van der Waals surface area contributed by atoms with Crippen LogP contribution in [0.3, 0.4) is 0 Å². The second-order valence-electron chi connectivity index (χ2n) is 7.49. The Morgan fingerprint density at radius 1 is 1.14 bits per heavy atom. The van der Waals surface area contributed by atoms with E-state index in [9.17, 15) is 0 Å². The summed E-state index contributed by atoms with van der Waals surface area (Å²) < 4.78 is 5.35. The average Bonchev–Trinajstić information content (AvgIpc) is 3.19. The Bertz CT molecular complexity index is 520. The summed E-state index contributed by atoms with van der Waals surface area (Å²) in [6.45, 7) is 1.06. The molecule has 0 aromatic heterocycles. The van der Waals surface area contributed by atoms with Crippen molar-refractivity contribution in [2.45, 2.75) is 44.7 Å². The fourth-order valence-electron chi connectivity index (χ4n) is 5.71. The lowest BCUT2D eigenvalue weighted by molar-refractivity contribution is 0.111. The van der Waals surface area contributed by atoms with E-state index in [1.807, 2.05) is 6.07 Å².